The molecule has 0 unspecified atom stereocenters. The van der Waals surface area contributed by atoms with Gasteiger partial charge in [-0.2, -0.15) is 8.75 Å². The number of benzene rings is 1. The van der Waals surface area contributed by atoms with Gasteiger partial charge in [0.1, 0.15) is 11.0 Å². The number of aromatic nitrogens is 2. The van der Waals surface area contributed by atoms with Gasteiger partial charge in [-0.05, 0) is 12.1 Å². The molecule has 0 fully saturated rings. The zero-order valence-corrected chi connectivity index (χ0v) is 14.6. The minimum atomic E-state index is -3.38. The number of hydrogen-bond acceptors (Lipinski definition) is 6. The summed E-state index contributed by atoms with van der Waals surface area (Å²) in [6.45, 7) is 3.82. The van der Waals surface area contributed by atoms with E-state index in [2.05, 4.69) is 15.3 Å². The van der Waals surface area contributed by atoms with Crippen molar-refractivity contribution in [1.82, 2.24) is 18.0 Å². The van der Waals surface area contributed by atoms with Crippen molar-refractivity contribution in [2.24, 2.45) is 0 Å². The average Bonchev–Trinajstić information content (AvgIpc) is 2.99. The standard InChI is InChI=1S/C14H18N4O3S2/c1-4-13(19)18(8-9-23(20,21)17(2)3)10-11-6-5-7-12-14(11)16-22-15-12/h4-7H,1,8-10H2,2-3H3. The van der Waals surface area contributed by atoms with E-state index in [1.54, 1.807) is 0 Å². The van der Waals surface area contributed by atoms with Crippen molar-refractivity contribution < 1.29 is 13.2 Å². The largest absolute Gasteiger partial charge is 0.334 e. The highest BCUT2D eigenvalue weighted by Gasteiger charge is 2.19. The monoisotopic (exact) mass is 354 g/mol. The summed E-state index contributed by atoms with van der Waals surface area (Å²) < 4.78 is 33.4. The Balaban J connectivity index is 2.21. The maximum atomic E-state index is 12.0. The lowest BCUT2D eigenvalue weighted by molar-refractivity contribution is -0.126. The molecule has 0 bridgehead atoms. The van der Waals surface area contributed by atoms with E-state index in [9.17, 15) is 13.2 Å². The highest BCUT2D eigenvalue weighted by molar-refractivity contribution is 7.89. The van der Waals surface area contributed by atoms with Gasteiger partial charge in [0, 0.05) is 32.7 Å². The number of amides is 1. The summed E-state index contributed by atoms with van der Waals surface area (Å²) in [5.41, 5.74) is 2.32. The van der Waals surface area contributed by atoms with Gasteiger partial charge < -0.3 is 4.90 Å². The Hall–Kier alpha value is -1.84. The minimum absolute atomic E-state index is 0.0827. The molecule has 23 heavy (non-hydrogen) atoms. The van der Waals surface area contributed by atoms with Gasteiger partial charge in [-0.3, -0.25) is 4.79 Å². The normalized spacial score (nSPS) is 11.8. The molecule has 2 aromatic rings. The molecule has 0 radical (unpaired) electrons. The molecule has 0 atom stereocenters. The quantitative estimate of drug-likeness (QED) is 0.695. The van der Waals surface area contributed by atoms with Crippen LogP contribution in [0.4, 0.5) is 0 Å². The van der Waals surface area contributed by atoms with Crippen molar-refractivity contribution in [2.75, 3.05) is 26.4 Å². The third-order valence-corrected chi connectivity index (χ3v) is 5.75. The summed E-state index contributed by atoms with van der Waals surface area (Å²) >= 11 is 1.10. The van der Waals surface area contributed by atoms with Crippen molar-refractivity contribution >= 4 is 38.7 Å². The molecule has 0 saturated heterocycles. The first-order valence-corrected chi connectivity index (χ1v) is 9.21. The van der Waals surface area contributed by atoms with Crippen LogP contribution >= 0.6 is 11.7 Å². The van der Waals surface area contributed by atoms with E-state index in [0.29, 0.717) is 0 Å². The summed E-state index contributed by atoms with van der Waals surface area (Å²) in [6, 6.07) is 5.54. The van der Waals surface area contributed by atoms with Crippen LogP contribution in [0.15, 0.2) is 30.9 Å². The fraction of sp³-hybridized carbons (Fsp3) is 0.357. The SMILES string of the molecule is C=CC(=O)N(CCS(=O)(=O)N(C)C)Cc1cccc2nsnc12. The lowest BCUT2D eigenvalue weighted by Gasteiger charge is -2.22. The molecule has 0 aliphatic carbocycles. The highest BCUT2D eigenvalue weighted by Crippen LogP contribution is 2.18. The van der Waals surface area contributed by atoms with E-state index in [0.717, 1.165) is 32.6 Å². The zero-order chi connectivity index (χ0) is 17.0. The van der Waals surface area contributed by atoms with E-state index in [1.807, 2.05) is 18.2 Å². The second-order valence-electron chi connectivity index (χ2n) is 5.11. The summed E-state index contributed by atoms with van der Waals surface area (Å²) in [5.74, 6) is -0.468. The van der Waals surface area contributed by atoms with Gasteiger partial charge in [0.05, 0.1) is 17.5 Å². The van der Waals surface area contributed by atoms with Gasteiger partial charge in [-0.15, -0.1) is 0 Å². The van der Waals surface area contributed by atoms with Crippen molar-refractivity contribution in [2.45, 2.75) is 6.54 Å². The van der Waals surface area contributed by atoms with Crippen LogP contribution in [0.25, 0.3) is 11.0 Å². The Bertz CT molecular complexity index is 814. The first-order valence-electron chi connectivity index (χ1n) is 6.87. The fourth-order valence-electron chi connectivity index (χ4n) is 2.00. The minimum Gasteiger partial charge on any atom is -0.334 e. The molecule has 0 aliphatic heterocycles. The Morgan fingerprint density at radius 3 is 2.74 bits per heavy atom. The Kier molecular flexibility index (Phi) is 5.45. The lowest BCUT2D eigenvalue weighted by Crippen LogP contribution is -2.36. The van der Waals surface area contributed by atoms with Gasteiger partial charge in [-0.1, -0.05) is 18.7 Å². The Morgan fingerprint density at radius 1 is 1.35 bits per heavy atom. The molecular weight excluding hydrogens is 336 g/mol. The Morgan fingerprint density at radius 2 is 2.09 bits per heavy atom. The molecule has 124 valence electrons. The van der Waals surface area contributed by atoms with Gasteiger partial charge in [-0.25, -0.2) is 12.7 Å². The van der Waals surface area contributed by atoms with E-state index in [4.69, 9.17) is 0 Å². The van der Waals surface area contributed by atoms with Crippen LogP contribution in [-0.2, 0) is 21.4 Å². The summed E-state index contributed by atoms with van der Waals surface area (Å²) in [4.78, 5) is 13.5. The molecule has 1 aromatic carbocycles. The number of sulfonamides is 1. The molecule has 0 aliphatic rings. The van der Waals surface area contributed by atoms with Crippen molar-refractivity contribution in [1.29, 1.82) is 0 Å². The molecule has 0 saturated carbocycles. The molecule has 1 aromatic heterocycles. The number of rotatable bonds is 7. The zero-order valence-electron chi connectivity index (χ0n) is 13.0. The van der Waals surface area contributed by atoms with Crippen molar-refractivity contribution in [3.63, 3.8) is 0 Å². The maximum absolute atomic E-state index is 12.0. The fourth-order valence-corrected chi connectivity index (χ4v) is 3.38. The second kappa shape index (κ2) is 7.16. The van der Waals surface area contributed by atoms with Gasteiger partial charge in [0.2, 0.25) is 15.9 Å². The molecule has 2 rings (SSSR count). The molecule has 0 spiro atoms. The van der Waals surface area contributed by atoms with Crippen LogP contribution in [0.2, 0.25) is 0 Å². The molecule has 0 N–H and O–H groups in total. The van der Waals surface area contributed by atoms with Crippen LogP contribution in [0, 0.1) is 0 Å². The molecule has 7 nitrogen and oxygen atoms in total. The van der Waals surface area contributed by atoms with Crippen molar-refractivity contribution in [3.8, 4) is 0 Å². The number of fused-ring (bicyclic) bond motifs is 1. The predicted molar refractivity (Wildman–Crippen MR) is 90.5 cm³/mol. The van der Waals surface area contributed by atoms with Crippen LogP contribution < -0.4 is 0 Å². The van der Waals surface area contributed by atoms with Crippen molar-refractivity contribution in [3.05, 3.63) is 36.4 Å². The molecular formula is C14H18N4O3S2. The predicted octanol–water partition coefficient (Wildman–Crippen LogP) is 1.10. The first-order chi connectivity index (χ1) is 10.8. The van der Waals surface area contributed by atoms with Crippen LogP contribution in [0.3, 0.4) is 0 Å². The van der Waals surface area contributed by atoms with Gasteiger partial charge in [0.25, 0.3) is 0 Å². The third-order valence-electron chi connectivity index (χ3n) is 3.39. The molecule has 1 heterocycles. The number of hydrogen-bond donors (Lipinski definition) is 0. The first kappa shape index (κ1) is 17.5. The topological polar surface area (TPSA) is 83.5 Å². The van der Waals surface area contributed by atoms with E-state index in [1.165, 1.54) is 25.1 Å². The van der Waals surface area contributed by atoms with Crippen LogP contribution in [0.5, 0.6) is 0 Å². The average molecular weight is 354 g/mol. The molecule has 9 heteroatoms. The number of carbonyl (C=O) groups excluding carboxylic acids is 1. The van der Waals surface area contributed by atoms with Crippen LogP contribution in [-0.4, -0.2) is 58.7 Å². The van der Waals surface area contributed by atoms with Crippen LogP contribution in [0.1, 0.15) is 5.56 Å². The summed E-state index contributed by atoms with van der Waals surface area (Å²) in [7, 11) is -0.442. The number of carbonyl (C=O) groups is 1. The lowest BCUT2D eigenvalue weighted by atomic mass is 10.1. The van der Waals surface area contributed by atoms with E-state index < -0.39 is 10.0 Å². The number of nitrogens with zero attached hydrogens (tertiary/aromatic N) is 4. The highest BCUT2D eigenvalue weighted by atomic mass is 32.2. The second-order valence-corrected chi connectivity index (χ2v) is 7.94. The van der Waals surface area contributed by atoms with E-state index >= 15 is 0 Å². The Labute approximate surface area is 139 Å². The maximum Gasteiger partial charge on any atom is 0.246 e. The van der Waals surface area contributed by atoms with Gasteiger partial charge >= 0.3 is 0 Å². The van der Waals surface area contributed by atoms with Gasteiger partial charge in [0.15, 0.2) is 0 Å². The third kappa shape index (κ3) is 4.12. The summed E-state index contributed by atoms with van der Waals surface area (Å²) in [5, 5.41) is 0. The van der Waals surface area contributed by atoms with E-state index in [-0.39, 0.29) is 24.7 Å². The smallest absolute Gasteiger partial charge is 0.246 e. The molecule has 1 amide bonds. The summed E-state index contributed by atoms with van der Waals surface area (Å²) in [6.07, 6.45) is 1.18.